The second-order valence-electron chi connectivity index (χ2n) is 0.962. The quantitative estimate of drug-likeness (QED) is 0.433. The van der Waals surface area contributed by atoms with Crippen LogP contribution in [0.2, 0.25) is 0 Å². The molecule has 0 aliphatic heterocycles. The van der Waals surface area contributed by atoms with E-state index < -0.39 is 0 Å². The van der Waals surface area contributed by atoms with Gasteiger partial charge in [-0.3, -0.25) is 0 Å². The fraction of sp³-hybridized carbons (Fsp3) is 0. The summed E-state index contributed by atoms with van der Waals surface area (Å²) >= 11 is 0. The standard InChI is InChI=1S/C5H5.2CH3.Nb/c1-2-4-5-3-1;;;/h1-5H;2*1H3;/q3*-1;+3. The van der Waals surface area contributed by atoms with Crippen LogP contribution in [0.3, 0.4) is 0 Å². The third-order valence-corrected chi connectivity index (χ3v) is 0.556. The molecule has 0 aliphatic carbocycles. The van der Waals surface area contributed by atoms with Gasteiger partial charge in [0.25, 0.3) is 0 Å². The predicted octanol–water partition coefficient (Wildman–Crippen LogP) is 2.30. The second-order valence-corrected chi connectivity index (χ2v) is 0.962. The summed E-state index contributed by atoms with van der Waals surface area (Å²) in [6, 6.07) is 10.0. The Kier molecular flexibility index (Phi) is 19.9. The smallest absolute Gasteiger partial charge is 0.358 e. The van der Waals surface area contributed by atoms with Crippen molar-refractivity contribution < 1.29 is 22.4 Å². The molecule has 0 spiro atoms. The first-order valence-corrected chi connectivity index (χ1v) is 1.67. The summed E-state index contributed by atoms with van der Waals surface area (Å²) < 4.78 is 0. The van der Waals surface area contributed by atoms with E-state index in [1.54, 1.807) is 0 Å². The molecule has 44 valence electrons. The van der Waals surface area contributed by atoms with E-state index in [2.05, 4.69) is 0 Å². The van der Waals surface area contributed by atoms with Crippen molar-refractivity contribution in [2.45, 2.75) is 0 Å². The van der Waals surface area contributed by atoms with Crippen LogP contribution in [-0.2, 0) is 22.4 Å². The van der Waals surface area contributed by atoms with Crippen LogP contribution in [0.5, 0.6) is 0 Å². The molecule has 0 saturated heterocycles. The summed E-state index contributed by atoms with van der Waals surface area (Å²) in [4.78, 5) is 0. The van der Waals surface area contributed by atoms with E-state index >= 15 is 0 Å². The Labute approximate surface area is 67.8 Å². The molecule has 1 rings (SSSR count). The molecular weight excluding hydrogens is 177 g/mol. The Hall–Kier alpha value is 0.0903. The monoisotopic (exact) mass is 188 g/mol. The summed E-state index contributed by atoms with van der Waals surface area (Å²) in [5.74, 6) is 0. The molecule has 0 nitrogen and oxygen atoms in total. The third-order valence-electron chi connectivity index (χ3n) is 0.556. The predicted molar refractivity (Wildman–Crippen MR) is 34.9 cm³/mol. The van der Waals surface area contributed by atoms with Crippen molar-refractivity contribution in [2.24, 2.45) is 0 Å². The maximum absolute atomic E-state index is 2.00. The van der Waals surface area contributed by atoms with Gasteiger partial charge < -0.3 is 14.9 Å². The first kappa shape index (κ1) is 15.7. The number of rotatable bonds is 0. The van der Waals surface area contributed by atoms with Crippen LogP contribution in [-0.4, -0.2) is 0 Å². The summed E-state index contributed by atoms with van der Waals surface area (Å²) in [7, 11) is 0. The van der Waals surface area contributed by atoms with Gasteiger partial charge in [0.1, 0.15) is 0 Å². The zero-order valence-electron chi connectivity index (χ0n) is 5.33. The van der Waals surface area contributed by atoms with Gasteiger partial charge in [-0.25, -0.2) is 12.1 Å². The molecule has 0 aliphatic rings. The van der Waals surface area contributed by atoms with Crippen molar-refractivity contribution in [3.05, 3.63) is 45.2 Å². The molecule has 0 unspecified atom stereocenters. The maximum Gasteiger partial charge on any atom is 3.00 e. The van der Waals surface area contributed by atoms with Gasteiger partial charge in [-0.15, -0.1) is 0 Å². The van der Waals surface area contributed by atoms with Gasteiger partial charge in [0.05, 0.1) is 0 Å². The minimum atomic E-state index is 0. The Morgan fingerprint density at radius 1 is 0.875 bits per heavy atom. The van der Waals surface area contributed by atoms with Crippen molar-refractivity contribution in [3.8, 4) is 0 Å². The second kappa shape index (κ2) is 10.1. The Morgan fingerprint density at radius 2 is 1.25 bits per heavy atom. The van der Waals surface area contributed by atoms with Gasteiger partial charge in [-0.2, -0.15) is 18.2 Å². The van der Waals surface area contributed by atoms with Crippen molar-refractivity contribution in [3.63, 3.8) is 0 Å². The van der Waals surface area contributed by atoms with Crippen LogP contribution in [0.25, 0.3) is 0 Å². The molecule has 0 fully saturated rings. The fourth-order valence-corrected chi connectivity index (χ4v) is 0.321. The maximum atomic E-state index is 2.00. The van der Waals surface area contributed by atoms with Gasteiger partial charge in [0.15, 0.2) is 0 Å². The number of hydrogen-bond acceptors (Lipinski definition) is 0. The van der Waals surface area contributed by atoms with Gasteiger partial charge in [0, 0.05) is 0 Å². The average Bonchev–Trinajstić information content (AvgIpc) is 1.76. The zero-order valence-corrected chi connectivity index (χ0v) is 7.53. The molecule has 0 atom stereocenters. The Balaban J connectivity index is -0.0000000833. The minimum absolute atomic E-state index is 0. The van der Waals surface area contributed by atoms with E-state index in [1.807, 2.05) is 30.3 Å². The zero-order chi connectivity index (χ0) is 3.54. The van der Waals surface area contributed by atoms with E-state index in [0.29, 0.717) is 0 Å². The molecule has 0 aromatic heterocycles. The summed E-state index contributed by atoms with van der Waals surface area (Å²) in [6.45, 7) is 0. The van der Waals surface area contributed by atoms with Gasteiger partial charge in [0.2, 0.25) is 0 Å². The summed E-state index contributed by atoms with van der Waals surface area (Å²) in [5.41, 5.74) is 0. The van der Waals surface area contributed by atoms with Crippen molar-refractivity contribution in [1.82, 2.24) is 0 Å². The topological polar surface area (TPSA) is 0 Å². The van der Waals surface area contributed by atoms with Gasteiger partial charge in [-0.05, 0) is 0 Å². The molecule has 0 bridgehead atoms. The molecule has 1 aromatic rings. The van der Waals surface area contributed by atoms with Gasteiger partial charge >= 0.3 is 22.4 Å². The SMILES string of the molecule is [CH3-].[CH3-].[Nb+3].c1cc[cH-]c1. The molecule has 0 amide bonds. The van der Waals surface area contributed by atoms with Crippen LogP contribution in [0, 0.1) is 14.9 Å². The number of hydrogen-bond donors (Lipinski definition) is 0. The first-order valence-electron chi connectivity index (χ1n) is 1.67. The van der Waals surface area contributed by atoms with Crippen LogP contribution in [0.15, 0.2) is 30.3 Å². The largest absolute Gasteiger partial charge is 3.00 e. The first-order chi connectivity index (χ1) is 2.50. The van der Waals surface area contributed by atoms with Gasteiger partial charge in [-0.1, -0.05) is 0 Å². The van der Waals surface area contributed by atoms with Crippen LogP contribution in [0.4, 0.5) is 0 Å². The summed E-state index contributed by atoms with van der Waals surface area (Å²) in [5, 5.41) is 0. The molecule has 0 N–H and O–H groups in total. The third kappa shape index (κ3) is 6.09. The fourth-order valence-electron chi connectivity index (χ4n) is 0.321. The van der Waals surface area contributed by atoms with Crippen molar-refractivity contribution in [1.29, 1.82) is 0 Å². The van der Waals surface area contributed by atoms with Crippen molar-refractivity contribution in [2.75, 3.05) is 0 Å². The van der Waals surface area contributed by atoms with E-state index in [4.69, 9.17) is 0 Å². The molecule has 1 heteroatoms. The van der Waals surface area contributed by atoms with Crippen LogP contribution in [0.1, 0.15) is 0 Å². The minimum Gasteiger partial charge on any atom is -0.358 e. The molecule has 1 aromatic carbocycles. The van der Waals surface area contributed by atoms with Crippen molar-refractivity contribution >= 4 is 0 Å². The Morgan fingerprint density at radius 3 is 1.38 bits per heavy atom. The average molecular weight is 188 g/mol. The normalized spacial score (nSPS) is 5.00. The van der Waals surface area contributed by atoms with E-state index in [1.165, 1.54) is 0 Å². The van der Waals surface area contributed by atoms with E-state index in [0.717, 1.165) is 0 Å². The summed E-state index contributed by atoms with van der Waals surface area (Å²) in [6.07, 6.45) is 0. The van der Waals surface area contributed by atoms with E-state index in [9.17, 15) is 0 Å². The molecule has 8 heavy (non-hydrogen) atoms. The van der Waals surface area contributed by atoms with Crippen LogP contribution >= 0.6 is 0 Å². The van der Waals surface area contributed by atoms with E-state index in [-0.39, 0.29) is 37.2 Å². The Bertz CT molecular complexity index is 60.9. The molecule has 0 saturated carbocycles. The van der Waals surface area contributed by atoms with Crippen LogP contribution < -0.4 is 0 Å². The molecule has 0 heterocycles. The molecule has 0 radical (unpaired) electrons. The molecular formula is C7H11Nb.